The summed E-state index contributed by atoms with van der Waals surface area (Å²) in [4.78, 5) is 7.78. The topological polar surface area (TPSA) is 60.5 Å². The van der Waals surface area contributed by atoms with E-state index < -0.39 is 12.2 Å². The highest BCUT2D eigenvalue weighted by Gasteiger charge is 2.31. The summed E-state index contributed by atoms with van der Waals surface area (Å²) in [6.07, 6.45) is -1.28. The maximum atomic E-state index is 13.7. The summed E-state index contributed by atoms with van der Waals surface area (Å²) < 4.78 is 19.3. The highest BCUT2D eigenvalue weighted by molar-refractivity contribution is 6.33. The summed E-state index contributed by atoms with van der Waals surface area (Å²) in [5.74, 6) is 0.280. The van der Waals surface area contributed by atoms with Crippen molar-refractivity contribution in [1.82, 2.24) is 4.90 Å². The fourth-order valence-electron chi connectivity index (χ4n) is 4.41. The smallest absolute Gasteiger partial charge is 0.187 e. The monoisotopic (exact) mass is 509 g/mol. The van der Waals surface area contributed by atoms with Crippen LogP contribution in [0.15, 0.2) is 66.7 Å². The lowest BCUT2D eigenvalue weighted by molar-refractivity contribution is 0.100. The molecular formula is C28H29ClFN3O3. The quantitative estimate of drug-likeness (QED) is 0.399. The van der Waals surface area contributed by atoms with E-state index >= 15 is 0 Å². The van der Waals surface area contributed by atoms with Crippen molar-refractivity contribution >= 4 is 23.0 Å². The molecule has 4 rings (SSSR count). The molecule has 0 aromatic heterocycles. The number of halogens is 2. The van der Waals surface area contributed by atoms with Crippen LogP contribution in [0.5, 0.6) is 5.75 Å². The Kier molecular flexibility index (Phi) is 8.44. The molecule has 0 amide bonds. The van der Waals surface area contributed by atoms with Crippen LogP contribution in [0.4, 0.5) is 15.8 Å². The van der Waals surface area contributed by atoms with Gasteiger partial charge in [0.25, 0.3) is 0 Å². The summed E-state index contributed by atoms with van der Waals surface area (Å²) in [5, 5.41) is 20.8. The molecular weight excluding hydrogens is 481 g/mol. The van der Waals surface area contributed by atoms with E-state index in [1.807, 2.05) is 12.1 Å². The SMILES string of the molecule is [C-]#[N+]c1ccc([C@@H](O)CN2CCN(c3ccc(OC[C@@H](C)O)cc3Cl)[C@H](c3ccc(F)cc3)C2)cc1. The van der Waals surface area contributed by atoms with Crippen molar-refractivity contribution in [3.63, 3.8) is 0 Å². The minimum atomic E-state index is -0.695. The van der Waals surface area contributed by atoms with E-state index in [1.54, 1.807) is 49.4 Å². The van der Waals surface area contributed by atoms with Crippen molar-refractivity contribution < 1.29 is 19.3 Å². The van der Waals surface area contributed by atoms with E-state index in [9.17, 15) is 14.6 Å². The largest absolute Gasteiger partial charge is 0.491 e. The molecule has 3 aromatic carbocycles. The van der Waals surface area contributed by atoms with Gasteiger partial charge in [-0.15, -0.1) is 0 Å². The maximum absolute atomic E-state index is 13.7. The predicted octanol–water partition coefficient (Wildman–Crippen LogP) is 5.39. The van der Waals surface area contributed by atoms with Gasteiger partial charge in [0.15, 0.2) is 5.69 Å². The van der Waals surface area contributed by atoms with Crippen molar-refractivity contribution in [2.45, 2.75) is 25.2 Å². The lowest BCUT2D eigenvalue weighted by Gasteiger charge is -2.44. The number of ether oxygens (including phenoxy) is 1. The molecule has 0 radical (unpaired) electrons. The molecule has 0 bridgehead atoms. The van der Waals surface area contributed by atoms with Gasteiger partial charge in [0, 0.05) is 32.2 Å². The number of aliphatic hydroxyl groups excluding tert-OH is 2. The normalized spacial score (nSPS) is 17.9. The van der Waals surface area contributed by atoms with Crippen molar-refractivity contribution in [2.75, 3.05) is 37.7 Å². The number of anilines is 1. The molecule has 0 unspecified atom stereocenters. The van der Waals surface area contributed by atoms with Gasteiger partial charge in [0.1, 0.15) is 18.2 Å². The first-order valence-corrected chi connectivity index (χ1v) is 12.2. The Morgan fingerprint density at radius 2 is 1.81 bits per heavy atom. The van der Waals surface area contributed by atoms with Gasteiger partial charge in [-0.05, 0) is 42.3 Å². The number of nitrogens with zero attached hydrogens (tertiary/aromatic N) is 3. The molecule has 1 saturated heterocycles. The molecule has 0 aliphatic carbocycles. The number of piperazine rings is 1. The van der Waals surface area contributed by atoms with E-state index in [1.165, 1.54) is 12.1 Å². The molecule has 36 heavy (non-hydrogen) atoms. The third-order valence-corrected chi connectivity index (χ3v) is 6.58. The number of hydrogen-bond acceptors (Lipinski definition) is 5. The van der Waals surface area contributed by atoms with Gasteiger partial charge in [0.2, 0.25) is 0 Å². The molecule has 3 atom stereocenters. The van der Waals surface area contributed by atoms with E-state index in [0.717, 1.165) is 16.8 Å². The Labute approximate surface area is 215 Å². The van der Waals surface area contributed by atoms with Crippen molar-refractivity contribution in [3.05, 3.63) is 100 Å². The number of benzene rings is 3. The third kappa shape index (κ3) is 6.34. The van der Waals surface area contributed by atoms with Gasteiger partial charge in [-0.3, -0.25) is 4.90 Å². The highest BCUT2D eigenvalue weighted by atomic mass is 35.5. The van der Waals surface area contributed by atoms with Crippen molar-refractivity contribution in [3.8, 4) is 5.75 Å². The number of β-amino-alcohol motifs (C(OH)–C–C–N with tert-alkyl or cyclic N) is 1. The van der Waals surface area contributed by atoms with Crippen LogP contribution < -0.4 is 9.64 Å². The fraction of sp³-hybridized carbons (Fsp3) is 0.321. The molecule has 1 aliphatic heterocycles. The fourth-order valence-corrected chi connectivity index (χ4v) is 4.69. The van der Waals surface area contributed by atoms with E-state index in [0.29, 0.717) is 42.6 Å². The molecule has 3 aromatic rings. The zero-order valence-electron chi connectivity index (χ0n) is 20.0. The highest BCUT2D eigenvalue weighted by Crippen LogP contribution is 2.37. The molecule has 6 nitrogen and oxygen atoms in total. The van der Waals surface area contributed by atoms with E-state index in [4.69, 9.17) is 22.9 Å². The Hall–Kier alpha value is -3.15. The third-order valence-electron chi connectivity index (χ3n) is 6.28. The number of hydrogen-bond donors (Lipinski definition) is 2. The molecule has 1 aliphatic rings. The van der Waals surface area contributed by atoms with Crippen LogP contribution in [0.1, 0.15) is 30.2 Å². The van der Waals surface area contributed by atoms with Crippen LogP contribution in [0.2, 0.25) is 5.02 Å². The van der Waals surface area contributed by atoms with Gasteiger partial charge in [-0.1, -0.05) is 48.0 Å². The van der Waals surface area contributed by atoms with Gasteiger partial charge in [-0.25, -0.2) is 9.24 Å². The molecule has 1 heterocycles. The Morgan fingerprint density at radius 3 is 2.44 bits per heavy atom. The Bertz CT molecular complexity index is 1200. The van der Waals surface area contributed by atoms with Crippen LogP contribution in [-0.2, 0) is 0 Å². The van der Waals surface area contributed by atoms with Crippen LogP contribution in [0.3, 0.4) is 0 Å². The van der Waals surface area contributed by atoms with Gasteiger partial charge < -0.3 is 19.8 Å². The maximum Gasteiger partial charge on any atom is 0.187 e. The summed E-state index contributed by atoms with van der Waals surface area (Å²) in [5.41, 5.74) is 3.09. The second-order valence-electron chi connectivity index (χ2n) is 9.01. The molecule has 1 fully saturated rings. The lowest BCUT2D eigenvalue weighted by Crippen LogP contribution is -2.49. The van der Waals surface area contributed by atoms with Crippen LogP contribution in [0.25, 0.3) is 4.85 Å². The molecule has 188 valence electrons. The van der Waals surface area contributed by atoms with Gasteiger partial charge in [0.05, 0.1) is 35.5 Å². The first-order chi connectivity index (χ1) is 17.3. The summed E-state index contributed by atoms with van der Waals surface area (Å²) in [7, 11) is 0. The van der Waals surface area contributed by atoms with Crippen LogP contribution in [0, 0.1) is 12.4 Å². The molecule has 8 heteroatoms. The van der Waals surface area contributed by atoms with Crippen molar-refractivity contribution in [1.29, 1.82) is 0 Å². The van der Waals surface area contributed by atoms with Gasteiger partial charge in [-0.2, -0.15) is 0 Å². The lowest BCUT2D eigenvalue weighted by atomic mass is 10.00. The number of rotatable bonds is 8. The first kappa shape index (κ1) is 25.9. The number of aliphatic hydroxyl groups is 2. The Balaban J connectivity index is 1.54. The zero-order chi connectivity index (χ0) is 25.7. The first-order valence-electron chi connectivity index (χ1n) is 11.8. The van der Waals surface area contributed by atoms with Crippen LogP contribution >= 0.6 is 11.6 Å². The minimum Gasteiger partial charge on any atom is -0.491 e. The molecule has 0 saturated carbocycles. The summed E-state index contributed by atoms with van der Waals surface area (Å²) in [6.45, 7) is 11.3. The summed E-state index contributed by atoms with van der Waals surface area (Å²) >= 11 is 6.66. The second-order valence-corrected chi connectivity index (χ2v) is 9.42. The second kappa shape index (κ2) is 11.7. The summed E-state index contributed by atoms with van der Waals surface area (Å²) in [6, 6.07) is 18.8. The average Bonchev–Trinajstić information content (AvgIpc) is 2.88. The molecule has 2 N–H and O–H groups in total. The Morgan fingerprint density at radius 1 is 1.08 bits per heavy atom. The van der Waals surface area contributed by atoms with Crippen LogP contribution in [-0.4, -0.2) is 54.0 Å². The average molecular weight is 510 g/mol. The minimum absolute atomic E-state index is 0.113. The molecule has 0 spiro atoms. The zero-order valence-corrected chi connectivity index (χ0v) is 20.8. The van der Waals surface area contributed by atoms with E-state index in [2.05, 4.69) is 14.6 Å². The van der Waals surface area contributed by atoms with Gasteiger partial charge >= 0.3 is 0 Å². The van der Waals surface area contributed by atoms with Crippen molar-refractivity contribution in [2.24, 2.45) is 0 Å². The predicted molar refractivity (Wildman–Crippen MR) is 139 cm³/mol. The standard InChI is InChI=1S/C28H29ClFN3O3/c1-19(34)18-36-24-11-12-26(25(29)15-24)33-14-13-32(16-27(33)20-3-7-22(30)8-4-20)17-28(35)21-5-9-23(31-2)10-6-21/h3-12,15,19,27-28,34-35H,13-14,16-18H2,1H3/t19-,27+,28+/m1/s1. The van der Waals surface area contributed by atoms with E-state index in [-0.39, 0.29) is 18.5 Å².